The zero-order chi connectivity index (χ0) is 11.0. The van der Waals surface area contributed by atoms with Gasteiger partial charge in [-0.25, -0.2) is 9.59 Å². The Morgan fingerprint density at radius 3 is 2.36 bits per heavy atom. The summed E-state index contributed by atoms with van der Waals surface area (Å²) in [6.07, 6.45) is 1.55. The summed E-state index contributed by atoms with van der Waals surface area (Å²) in [6, 6.07) is 0. The number of carbonyl (C=O) groups excluding carboxylic acids is 1. The van der Waals surface area contributed by atoms with Crippen molar-refractivity contribution < 1.29 is 24.2 Å². The number of allylic oxidation sites excluding steroid dienone is 1. The van der Waals surface area contributed by atoms with Crippen molar-refractivity contribution in [2.75, 3.05) is 13.2 Å². The van der Waals surface area contributed by atoms with Crippen molar-refractivity contribution in [3.63, 3.8) is 0 Å². The predicted octanol–water partition coefficient (Wildman–Crippen LogP) is 0.721. The van der Waals surface area contributed by atoms with Crippen LogP contribution >= 0.6 is 0 Å². The SMILES string of the molecule is C=C(C)OCCOC(=O)C=CC(=O)O. The molecule has 0 spiro atoms. The molecular formula is C9H12O5. The molecular weight excluding hydrogens is 188 g/mol. The zero-order valence-corrected chi connectivity index (χ0v) is 7.86. The van der Waals surface area contributed by atoms with E-state index in [0.717, 1.165) is 6.08 Å². The summed E-state index contributed by atoms with van der Waals surface area (Å²) >= 11 is 0. The molecule has 0 atom stereocenters. The summed E-state index contributed by atoms with van der Waals surface area (Å²) in [5.74, 6) is -1.38. The molecule has 0 saturated heterocycles. The molecule has 0 unspecified atom stereocenters. The van der Waals surface area contributed by atoms with E-state index in [1.807, 2.05) is 0 Å². The average molecular weight is 200 g/mol. The first-order valence-corrected chi connectivity index (χ1v) is 3.88. The second kappa shape index (κ2) is 6.71. The van der Waals surface area contributed by atoms with Crippen LogP contribution in [0.3, 0.4) is 0 Å². The van der Waals surface area contributed by atoms with E-state index in [1.165, 1.54) is 0 Å². The van der Waals surface area contributed by atoms with Crippen LogP contribution in [0, 0.1) is 0 Å². The molecule has 0 aliphatic rings. The molecule has 5 heteroatoms. The summed E-state index contributed by atoms with van der Waals surface area (Å²) < 4.78 is 9.49. The maximum atomic E-state index is 10.7. The Balaban J connectivity index is 3.55. The first kappa shape index (κ1) is 12.2. The second-order valence-electron chi connectivity index (χ2n) is 2.39. The van der Waals surface area contributed by atoms with Gasteiger partial charge in [0.25, 0.3) is 0 Å². The van der Waals surface area contributed by atoms with Gasteiger partial charge in [-0.2, -0.15) is 0 Å². The van der Waals surface area contributed by atoms with E-state index in [1.54, 1.807) is 6.92 Å². The fourth-order valence-corrected chi connectivity index (χ4v) is 0.546. The molecule has 0 aromatic carbocycles. The summed E-state index contributed by atoms with van der Waals surface area (Å²) in [4.78, 5) is 20.7. The third-order valence-corrected chi connectivity index (χ3v) is 1.04. The van der Waals surface area contributed by atoms with Gasteiger partial charge in [0.1, 0.15) is 13.2 Å². The van der Waals surface area contributed by atoms with Crippen molar-refractivity contribution in [2.24, 2.45) is 0 Å². The number of aliphatic carboxylic acids is 1. The number of ether oxygens (including phenoxy) is 2. The first-order chi connectivity index (χ1) is 6.52. The second-order valence-corrected chi connectivity index (χ2v) is 2.39. The number of rotatable bonds is 6. The van der Waals surface area contributed by atoms with Gasteiger partial charge in [0, 0.05) is 12.2 Å². The molecule has 0 rings (SSSR count). The van der Waals surface area contributed by atoms with Crippen molar-refractivity contribution in [1.29, 1.82) is 0 Å². The lowest BCUT2D eigenvalue weighted by molar-refractivity contribution is -0.139. The molecule has 0 saturated carbocycles. The van der Waals surface area contributed by atoms with Gasteiger partial charge in [-0.1, -0.05) is 6.58 Å². The Morgan fingerprint density at radius 2 is 1.86 bits per heavy atom. The molecule has 78 valence electrons. The number of hydrogen-bond acceptors (Lipinski definition) is 4. The van der Waals surface area contributed by atoms with Crippen LogP contribution in [-0.4, -0.2) is 30.3 Å². The highest BCUT2D eigenvalue weighted by Crippen LogP contribution is 1.90. The highest BCUT2D eigenvalue weighted by molar-refractivity contribution is 5.90. The Labute approximate surface area is 81.6 Å². The Bertz CT molecular complexity index is 254. The van der Waals surface area contributed by atoms with E-state index in [9.17, 15) is 9.59 Å². The van der Waals surface area contributed by atoms with Gasteiger partial charge in [-0.3, -0.25) is 0 Å². The highest BCUT2D eigenvalue weighted by atomic mass is 16.6. The van der Waals surface area contributed by atoms with Crippen LogP contribution in [0.5, 0.6) is 0 Å². The fourth-order valence-electron chi connectivity index (χ4n) is 0.546. The van der Waals surface area contributed by atoms with Gasteiger partial charge < -0.3 is 14.6 Å². The third kappa shape index (κ3) is 8.32. The largest absolute Gasteiger partial charge is 0.495 e. The van der Waals surface area contributed by atoms with E-state index in [2.05, 4.69) is 11.3 Å². The molecule has 0 amide bonds. The van der Waals surface area contributed by atoms with Gasteiger partial charge in [-0.05, 0) is 6.92 Å². The minimum Gasteiger partial charge on any atom is -0.495 e. The van der Waals surface area contributed by atoms with Gasteiger partial charge in [0.2, 0.25) is 0 Å². The predicted molar refractivity (Wildman–Crippen MR) is 48.5 cm³/mol. The lowest BCUT2D eigenvalue weighted by Gasteiger charge is -2.04. The maximum absolute atomic E-state index is 10.7. The molecule has 14 heavy (non-hydrogen) atoms. The fraction of sp³-hybridized carbons (Fsp3) is 0.333. The molecule has 0 aromatic heterocycles. The van der Waals surface area contributed by atoms with E-state index in [0.29, 0.717) is 11.8 Å². The van der Waals surface area contributed by atoms with Crippen LogP contribution in [0.4, 0.5) is 0 Å². The summed E-state index contributed by atoms with van der Waals surface area (Å²) in [5, 5.41) is 8.18. The molecule has 0 aliphatic carbocycles. The minimum absolute atomic E-state index is 0.0651. The van der Waals surface area contributed by atoms with Crippen LogP contribution in [0.2, 0.25) is 0 Å². The van der Waals surface area contributed by atoms with Gasteiger partial charge >= 0.3 is 11.9 Å². The summed E-state index contributed by atoms with van der Waals surface area (Å²) in [7, 11) is 0. The number of hydrogen-bond donors (Lipinski definition) is 1. The van der Waals surface area contributed by atoms with Gasteiger partial charge in [-0.15, -0.1) is 0 Å². The Kier molecular flexibility index (Phi) is 5.85. The van der Waals surface area contributed by atoms with E-state index < -0.39 is 11.9 Å². The van der Waals surface area contributed by atoms with Crippen molar-refractivity contribution in [3.8, 4) is 0 Å². The first-order valence-electron chi connectivity index (χ1n) is 3.88. The van der Waals surface area contributed by atoms with Crippen LogP contribution < -0.4 is 0 Å². The van der Waals surface area contributed by atoms with Crippen molar-refractivity contribution >= 4 is 11.9 Å². The van der Waals surface area contributed by atoms with Crippen molar-refractivity contribution in [1.82, 2.24) is 0 Å². The monoisotopic (exact) mass is 200 g/mol. The Hall–Kier alpha value is -1.78. The number of esters is 1. The van der Waals surface area contributed by atoms with Crippen LogP contribution in [0.25, 0.3) is 0 Å². The van der Waals surface area contributed by atoms with Crippen LogP contribution in [0.15, 0.2) is 24.5 Å². The molecule has 0 fully saturated rings. The molecule has 0 aromatic rings. The van der Waals surface area contributed by atoms with E-state index in [-0.39, 0.29) is 13.2 Å². The van der Waals surface area contributed by atoms with Gasteiger partial charge in [0.15, 0.2) is 0 Å². The lowest BCUT2D eigenvalue weighted by Crippen LogP contribution is -2.08. The average Bonchev–Trinajstić information content (AvgIpc) is 2.08. The van der Waals surface area contributed by atoms with E-state index in [4.69, 9.17) is 9.84 Å². The Morgan fingerprint density at radius 1 is 1.29 bits per heavy atom. The molecule has 1 N–H and O–H groups in total. The number of carboxylic acids is 1. The number of carbonyl (C=O) groups is 2. The van der Waals surface area contributed by atoms with Gasteiger partial charge in [0.05, 0.1) is 5.76 Å². The maximum Gasteiger partial charge on any atom is 0.331 e. The molecule has 0 heterocycles. The molecule has 0 radical (unpaired) electrons. The van der Waals surface area contributed by atoms with Crippen molar-refractivity contribution in [2.45, 2.75) is 6.92 Å². The quantitative estimate of drug-likeness (QED) is 0.296. The highest BCUT2D eigenvalue weighted by Gasteiger charge is 1.97. The standard InChI is InChI=1S/C9H12O5/c1-7(2)13-5-6-14-9(12)4-3-8(10)11/h3-4H,1,5-6H2,2H3,(H,10,11). The zero-order valence-electron chi connectivity index (χ0n) is 7.86. The third-order valence-electron chi connectivity index (χ3n) is 1.04. The molecule has 0 aliphatic heterocycles. The minimum atomic E-state index is -1.19. The van der Waals surface area contributed by atoms with Crippen molar-refractivity contribution in [3.05, 3.63) is 24.5 Å². The molecule has 0 bridgehead atoms. The lowest BCUT2D eigenvalue weighted by atomic mass is 10.5. The smallest absolute Gasteiger partial charge is 0.331 e. The van der Waals surface area contributed by atoms with Crippen LogP contribution in [-0.2, 0) is 19.1 Å². The topological polar surface area (TPSA) is 72.8 Å². The number of carboxylic acid groups (broad SMARTS) is 1. The van der Waals surface area contributed by atoms with E-state index >= 15 is 0 Å². The summed E-state index contributed by atoms with van der Waals surface area (Å²) in [5.41, 5.74) is 0. The summed E-state index contributed by atoms with van der Waals surface area (Å²) in [6.45, 7) is 5.43. The van der Waals surface area contributed by atoms with Crippen LogP contribution in [0.1, 0.15) is 6.92 Å². The molecule has 5 nitrogen and oxygen atoms in total. The normalized spacial score (nSPS) is 9.79.